The van der Waals surface area contributed by atoms with Crippen molar-refractivity contribution in [2.45, 2.75) is 6.92 Å². The maximum atomic E-state index is 5.97. The molecule has 0 unspecified atom stereocenters. The van der Waals surface area contributed by atoms with Crippen molar-refractivity contribution in [2.75, 3.05) is 18.2 Å². The summed E-state index contributed by atoms with van der Waals surface area (Å²) >= 11 is 0. The molecule has 0 radical (unpaired) electrons. The molecular weight excluding hydrogens is 262 g/mol. The fourth-order valence-electron chi connectivity index (χ4n) is 2.35. The highest BCUT2D eigenvalue weighted by Crippen LogP contribution is 2.28. The molecule has 0 atom stereocenters. The van der Waals surface area contributed by atoms with Crippen LogP contribution in [-0.4, -0.2) is 12.1 Å². The zero-order chi connectivity index (χ0) is 14.8. The molecule has 21 heavy (non-hydrogen) atoms. The first-order chi connectivity index (χ1) is 10.2. The number of benzene rings is 2. The summed E-state index contributed by atoms with van der Waals surface area (Å²) in [7, 11) is 1.62. The molecular formula is C17H17N3O. The number of para-hydroxylation sites is 2. The maximum absolute atomic E-state index is 5.97. The summed E-state index contributed by atoms with van der Waals surface area (Å²) in [6.07, 6.45) is 0. The molecule has 0 saturated heterocycles. The van der Waals surface area contributed by atoms with E-state index < -0.39 is 0 Å². The highest BCUT2D eigenvalue weighted by Gasteiger charge is 2.05. The van der Waals surface area contributed by atoms with Crippen LogP contribution in [0.1, 0.15) is 5.56 Å². The van der Waals surface area contributed by atoms with Gasteiger partial charge in [0, 0.05) is 17.1 Å². The van der Waals surface area contributed by atoms with Gasteiger partial charge in [0.15, 0.2) is 0 Å². The van der Waals surface area contributed by atoms with Crippen molar-refractivity contribution in [1.82, 2.24) is 4.98 Å². The van der Waals surface area contributed by atoms with Crippen LogP contribution < -0.4 is 15.8 Å². The molecule has 0 fully saturated rings. The number of rotatable bonds is 3. The minimum atomic E-state index is 0.624. The molecule has 2 aromatic carbocycles. The number of pyridine rings is 1. The van der Waals surface area contributed by atoms with E-state index in [0.29, 0.717) is 5.88 Å². The smallest absolute Gasteiger partial charge is 0.213 e. The molecule has 3 N–H and O–H groups in total. The van der Waals surface area contributed by atoms with Crippen LogP contribution in [0.4, 0.5) is 17.1 Å². The molecule has 106 valence electrons. The molecule has 0 bridgehead atoms. The zero-order valence-electron chi connectivity index (χ0n) is 12.1. The van der Waals surface area contributed by atoms with Gasteiger partial charge in [-0.25, -0.2) is 4.98 Å². The van der Waals surface area contributed by atoms with Gasteiger partial charge in [-0.05, 0) is 42.8 Å². The summed E-state index contributed by atoms with van der Waals surface area (Å²) in [5, 5.41) is 4.41. The van der Waals surface area contributed by atoms with Gasteiger partial charge in [-0.1, -0.05) is 12.1 Å². The fourth-order valence-corrected chi connectivity index (χ4v) is 2.35. The van der Waals surface area contributed by atoms with E-state index in [2.05, 4.69) is 22.4 Å². The second-order valence-electron chi connectivity index (χ2n) is 4.93. The molecule has 0 aliphatic heterocycles. The van der Waals surface area contributed by atoms with E-state index in [-0.39, 0.29) is 0 Å². The Morgan fingerprint density at radius 1 is 1.10 bits per heavy atom. The largest absolute Gasteiger partial charge is 0.481 e. The van der Waals surface area contributed by atoms with Crippen LogP contribution in [0, 0.1) is 6.92 Å². The van der Waals surface area contributed by atoms with Crippen LogP contribution >= 0.6 is 0 Å². The van der Waals surface area contributed by atoms with E-state index in [9.17, 15) is 0 Å². The third-order valence-electron chi connectivity index (χ3n) is 3.41. The first-order valence-electron chi connectivity index (χ1n) is 6.74. The third kappa shape index (κ3) is 2.60. The fraction of sp³-hybridized carbons (Fsp3) is 0.118. The third-order valence-corrected chi connectivity index (χ3v) is 3.41. The van der Waals surface area contributed by atoms with Gasteiger partial charge >= 0.3 is 0 Å². The highest BCUT2D eigenvalue weighted by molar-refractivity contribution is 5.87. The molecule has 4 heteroatoms. The monoisotopic (exact) mass is 279 g/mol. The Morgan fingerprint density at radius 3 is 2.67 bits per heavy atom. The second-order valence-corrected chi connectivity index (χ2v) is 4.93. The predicted molar refractivity (Wildman–Crippen MR) is 87.2 cm³/mol. The van der Waals surface area contributed by atoms with Gasteiger partial charge in [0.2, 0.25) is 5.88 Å². The van der Waals surface area contributed by atoms with Crippen LogP contribution in [0.5, 0.6) is 5.88 Å². The SMILES string of the molecule is COc1ccc2cc(Nc3ccccc3N)cc(C)c2n1. The van der Waals surface area contributed by atoms with Crippen molar-refractivity contribution in [3.63, 3.8) is 0 Å². The summed E-state index contributed by atoms with van der Waals surface area (Å²) in [6.45, 7) is 2.04. The van der Waals surface area contributed by atoms with Gasteiger partial charge in [-0.2, -0.15) is 0 Å². The molecule has 0 spiro atoms. The van der Waals surface area contributed by atoms with Crippen molar-refractivity contribution >= 4 is 28.0 Å². The van der Waals surface area contributed by atoms with E-state index in [1.807, 2.05) is 43.3 Å². The Labute approximate surface area is 123 Å². The van der Waals surface area contributed by atoms with Crippen LogP contribution in [0.15, 0.2) is 48.5 Å². The van der Waals surface area contributed by atoms with Gasteiger partial charge in [-0.3, -0.25) is 0 Å². The molecule has 3 aromatic rings. The Bertz CT molecular complexity index is 799. The van der Waals surface area contributed by atoms with Gasteiger partial charge in [0.25, 0.3) is 0 Å². The van der Waals surface area contributed by atoms with Crippen molar-refractivity contribution < 1.29 is 4.74 Å². The van der Waals surface area contributed by atoms with Crippen LogP contribution in [-0.2, 0) is 0 Å². The molecule has 1 aromatic heterocycles. The lowest BCUT2D eigenvalue weighted by Crippen LogP contribution is -1.97. The number of nitrogens with two attached hydrogens (primary N) is 1. The molecule has 3 rings (SSSR count). The lowest BCUT2D eigenvalue weighted by atomic mass is 10.1. The van der Waals surface area contributed by atoms with Crippen LogP contribution in [0.25, 0.3) is 10.9 Å². The number of ether oxygens (including phenoxy) is 1. The van der Waals surface area contributed by atoms with Crippen LogP contribution in [0.3, 0.4) is 0 Å². The lowest BCUT2D eigenvalue weighted by Gasteiger charge is -2.12. The summed E-state index contributed by atoms with van der Waals surface area (Å²) < 4.78 is 5.18. The average molecular weight is 279 g/mol. The topological polar surface area (TPSA) is 60.2 Å². The number of nitrogens with one attached hydrogen (secondary N) is 1. The van der Waals surface area contributed by atoms with Gasteiger partial charge < -0.3 is 15.8 Å². The van der Waals surface area contributed by atoms with Crippen molar-refractivity contribution in [3.05, 3.63) is 54.1 Å². The molecule has 4 nitrogen and oxygen atoms in total. The van der Waals surface area contributed by atoms with Gasteiger partial charge in [0.1, 0.15) is 0 Å². The number of nitrogens with zero attached hydrogens (tertiary/aromatic N) is 1. The molecule has 0 saturated carbocycles. The van der Waals surface area contributed by atoms with Crippen molar-refractivity contribution in [1.29, 1.82) is 0 Å². The number of nitrogen functional groups attached to an aromatic ring is 1. The number of methoxy groups -OCH3 is 1. The molecule has 0 aliphatic rings. The molecule has 0 amide bonds. The highest BCUT2D eigenvalue weighted by atomic mass is 16.5. The number of aryl methyl sites for hydroxylation is 1. The first kappa shape index (κ1) is 13.2. The number of anilines is 3. The molecule has 0 aliphatic carbocycles. The predicted octanol–water partition coefficient (Wildman–Crippen LogP) is 3.88. The summed E-state index contributed by atoms with van der Waals surface area (Å²) in [6, 6.07) is 15.7. The standard InChI is InChI=1S/C17H17N3O/c1-11-9-13(19-15-6-4-3-5-14(15)18)10-12-7-8-16(21-2)20-17(11)12/h3-10,19H,18H2,1-2H3. The second kappa shape index (κ2) is 5.32. The molecule has 1 heterocycles. The Balaban J connectivity index is 2.03. The Morgan fingerprint density at radius 2 is 1.90 bits per heavy atom. The minimum absolute atomic E-state index is 0.624. The van der Waals surface area contributed by atoms with Crippen molar-refractivity contribution in [3.8, 4) is 5.88 Å². The van der Waals surface area contributed by atoms with Gasteiger partial charge in [-0.15, -0.1) is 0 Å². The quantitative estimate of drug-likeness (QED) is 0.714. The number of aromatic nitrogens is 1. The van der Waals surface area contributed by atoms with Crippen molar-refractivity contribution in [2.24, 2.45) is 0 Å². The summed E-state index contributed by atoms with van der Waals surface area (Å²) in [5.41, 5.74) is 10.6. The van der Waals surface area contributed by atoms with E-state index in [1.54, 1.807) is 7.11 Å². The Kier molecular flexibility index (Phi) is 3.36. The van der Waals surface area contributed by atoms with E-state index in [0.717, 1.165) is 33.5 Å². The number of hydrogen-bond acceptors (Lipinski definition) is 4. The summed E-state index contributed by atoms with van der Waals surface area (Å²) in [5.74, 6) is 0.624. The van der Waals surface area contributed by atoms with Crippen LogP contribution in [0.2, 0.25) is 0 Å². The van der Waals surface area contributed by atoms with Gasteiger partial charge in [0.05, 0.1) is 24.0 Å². The first-order valence-corrected chi connectivity index (χ1v) is 6.74. The Hall–Kier alpha value is -2.75. The number of fused-ring (bicyclic) bond motifs is 1. The van der Waals surface area contributed by atoms with E-state index >= 15 is 0 Å². The lowest BCUT2D eigenvalue weighted by molar-refractivity contribution is 0.399. The van der Waals surface area contributed by atoms with E-state index in [1.165, 1.54) is 0 Å². The van der Waals surface area contributed by atoms with E-state index in [4.69, 9.17) is 10.5 Å². The minimum Gasteiger partial charge on any atom is -0.481 e. The average Bonchev–Trinajstić information content (AvgIpc) is 2.49. The summed E-state index contributed by atoms with van der Waals surface area (Å²) in [4.78, 5) is 4.48. The number of hydrogen-bond donors (Lipinski definition) is 2. The zero-order valence-corrected chi connectivity index (χ0v) is 12.1. The normalized spacial score (nSPS) is 10.6. The maximum Gasteiger partial charge on any atom is 0.213 e.